The summed E-state index contributed by atoms with van der Waals surface area (Å²) in [5, 5.41) is 10.2. The summed E-state index contributed by atoms with van der Waals surface area (Å²) in [7, 11) is 0. The second-order valence-electron chi connectivity index (χ2n) is 7.60. The normalized spacial score (nSPS) is 22.7. The van der Waals surface area contributed by atoms with Gasteiger partial charge < -0.3 is 14.6 Å². The molecule has 1 aliphatic carbocycles. The van der Waals surface area contributed by atoms with Crippen molar-refractivity contribution in [3.8, 4) is 5.75 Å². The molecule has 1 aliphatic rings. The number of ether oxygens (including phenoxy) is 2. The molecule has 1 saturated carbocycles. The third-order valence-electron chi connectivity index (χ3n) is 5.28. The third kappa shape index (κ3) is 9.09. The van der Waals surface area contributed by atoms with E-state index in [1.165, 1.54) is 6.08 Å². The highest BCUT2D eigenvalue weighted by molar-refractivity contribution is 5.21. The van der Waals surface area contributed by atoms with Crippen molar-refractivity contribution in [2.45, 2.75) is 57.5 Å². The van der Waals surface area contributed by atoms with Gasteiger partial charge in [0.05, 0.1) is 6.10 Å². The smallest absolute Gasteiger partial charge is 0.299 e. The predicted octanol–water partition coefficient (Wildman–Crippen LogP) is 5.80. The van der Waals surface area contributed by atoms with Crippen LogP contribution in [0, 0.1) is 11.8 Å². The minimum Gasteiger partial charge on any atom is -0.487 e. The molecular weight excluding hydrogens is 374 g/mol. The van der Waals surface area contributed by atoms with Crippen LogP contribution in [0.2, 0.25) is 0 Å². The van der Waals surface area contributed by atoms with E-state index in [2.05, 4.69) is 12.2 Å². The molecule has 0 bridgehead atoms. The lowest BCUT2D eigenvalue weighted by atomic mass is 9.90. The van der Waals surface area contributed by atoms with Crippen LogP contribution in [0.1, 0.15) is 45.4 Å². The summed E-state index contributed by atoms with van der Waals surface area (Å²) in [6.45, 7) is 2.84. The first-order valence-electron chi connectivity index (χ1n) is 10.7. The molecule has 0 aromatic heterocycles. The van der Waals surface area contributed by atoms with Crippen LogP contribution in [0.15, 0.2) is 54.6 Å². The summed E-state index contributed by atoms with van der Waals surface area (Å²) in [6, 6.07) is 8.60. The predicted molar refractivity (Wildman–Crippen MR) is 112 cm³/mol. The number of benzene rings is 1. The molecular formula is C24H34F2O3. The van der Waals surface area contributed by atoms with Crippen LogP contribution in [0.25, 0.3) is 0 Å². The summed E-state index contributed by atoms with van der Waals surface area (Å²) in [5.41, 5.74) is 0. The summed E-state index contributed by atoms with van der Waals surface area (Å²) in [4.78, 5) is 0. The average molecular weight is 409 g/mol. The molecule has 0 aliphatic heterocycles. The van der Waals surface area contributed by atoms with Crippen molar-refractivity contribution in [1.29, 1.82) is 0 Å². The minimum atomic E-state index is -3.07. The van der Waals surface area contributed by atoms with Crippen molar-refractivity contribution in [2.24, 2.45) is 11.8 Å². The molecule has 3 atom stereocenters. The molecule has 1 aromatic carbocycles. The molecule has 162 valence electrons. The van der Waals surface area contributed by atoms with Crippen LogP contribution in [-0.2, 0) is 4.74 Å². The van der Waals surface area contributed by atoms with Crippen molar-refractivity contribution >= 4 is 0 Å². The van der Waals surface area contributed by atoms with Gasteiger partial charge in [0.25, 0.3) is 5.92 Å². The highest BCUT2D eigenvalue weighted by atomic mass is 19.3. The molecule has 2 rings (SSSR count). The molecule has 1 fully saturated rings. The summed E-state index contributed by atoms with van der Waals surface area (Å²) < 4.78 is 38.9. The molecule has 0 amide bonds. The molecule has 29 heavy (non-hydrogen) atoms. The zero-order valence-corrected chi connectivity index (χ0v) is 17.3. The number of hydrogen-bond acceptors (Lipinski definition) is 3. The Morgan fingerprint density at radius 2 is 1.93 bits per heavy atom. The number of alkyl halides is 2. The third-order valence-corrected chi connectivity index (χ3v) is 5.28. The van der Waals surface area contributed by atoms with Crippen LogP contribution >= 0.6 is 0 Å². The molecule has 0 spiro atoms. The maximum Gasteiger partial charge on any atom is 0.299 e. The van der Waals surface area contributed by atoms with E-state index >= 15 is 0 Å². The minimum absolute atomic E-state index is 0.201. The number of allylic oxidation sites excluding steroid dienone is 2. The summed E-state index contributed by atoms with van der Waals surface area (Å²) in [5.74, 6) is -2.68. The Balaban J connectivity index is 1.77. The molecule has 0 unspecified atom stereocenters. The lowest BCUT2D eigenvalue weighted by molar-refractivity contribution is 0.00412. The van der Waals surface area contributed by atoms with Crippen molar-refractivity contribution in [3.63, 3.8) is 0 Å². The van der Waals surface area contributed by atoms with Crippen molar-refractivity contribution in [2.75, 3.05) is 19.8 Å². The van der Waals surface area contributed by atoms with Crippen LogP contribution < -0.4 is 4.74 Å². The average Bonchev–Trinajstić information content (AvgIpc) is 3.07. The van der Waals surface area contributed by atoms with Crippen LogP contribution in [0.5, 0.6) is 5.75 Å². The van der Waals surface area contributed by atoms with Gasteiger partial charge >= 0.3 is 0 Å². The number of unbranched alkanes of at least 4 members (excludes halogenated alkanes) is 2. The fraction of sp³-hybridized carbons (Fsp3) is 0.583. The Morgan fingerprint density at radius 3 is 2.69 bits per heavy atom. The fourth-order valence-corrected chi connectivity index (χ4v) is 3.64. The lowest BCUT2D eigenvalue weighted by Gasteiger charge is -2.19. The van der Waals surface area contributed by atoms with Crippen LogP contribution in [-0.4, -0.2) is 37.0 Å². The van der Waals surface area contributed by atoms with E-state index in [1.54, 1.807) is 24.3 Å². The number of rotatable bonds is 13. The summed E-state index contributed by atoms with van der Waals surface area (Å²) in [6.07, 6.45) is 11.6. The van der Waals surface area contributed by atoms with Crippen molar-refractivity contribution < 1.29 is 23.4 Å². The molecule has 0 radical (unpaired) electrons. The van der Waals surface area contributed by atoms with Gasteiger partial charge in [0.2, 0.25) is 0 Å². The van der Waals surface area contributed by atoms with E-state index in [4.69, 9.17) is 9.47 Å². The van der Waals surface area contributed by atoms with E-state index in [-0.39, 0.29) is 11.8 Å². The highest BCUT2D eigenvalue weighted by Gasteiger charge is 2.34. The van der Waals surface area contributed by atoms with Gasteiger partial charge in [-0.05, 0) is 69.6 Å². The van der Waals surface area contributed by atoms with E-state index in [0.717, 1.165) is 51.4 Å². The van der Waals surface area contributed by atoms with Crippen LogP contribution in [0.3, 0.4) is 0 Å². The maximum absolute atomic E-state index is 14.2. The quantitative estimate of drug-likeness (QED) is 0.331. The van der Waals surface area contributed by atoms with Gasteiger partial charge in [-0.2, -0.15) is 8.78 Å². The van der Waals surface area contributed by atoms with Gasteiger partial charge in [0.1, 0.15) is 5.75 Å². The number of hydrogen-bond donors (Lipinski definition) is 1. The van der Waals surface area contributed by atoms with Gasteiger partial charge in [0, 0.05) is 19.1 Å². The van der Waals surface area contributed by atoms with E-state index in [1.807, 2.05) is 13.0 Å². The zero-order chi connectivity index (χ0) is 21.0. The van der Waals surface area contributed by atoms with Gasteiger partial charge in [-0.25, -0.2) is 0 Å². The molecule has 5 heteroatoms. The van der Waals surface area contributed by atoms with E-state index < -0.39 is 18.6 Å². The maximum atomic E-state index is 14.2. The van der Waals surface area contributed by atoms with Crippen molar-refractivity contribution in [1.82, 2.24) is 0 Å². The van der Waals surface area contributed by atoms with Crippen LogP contribution in [0.4, 0.5) is 8.78 Å². The molecule has 3 nitrogen and oxygen atoms in total. The summed E-state index contributed by atoms with van der Waals surface area (Å²) >= 11 is 0. The number of para-hydroxylation sites is 1. The second kappa shape index (κ2) is 12.8. The SMILES string of the molecule is CCOCCCC/C=C\C[C@H]1CC[C@@H](O)[C@@H]1/C=C/C(F)(F)COc1ccccc1. The molecule has 1 N–H and O–H groups in total. The molecule has 0 saturated heterocycles. The number of aliphatic hydroxyl groups is 1. The monoisotopic (exact) mass is 408 g/mol. The fourth-order valence-electron chi connectivity index (χ4n) is 3.64. The van der Waals surface area contributed by atoms with Gasteiger partial charge in [-0.15, -0.1) is 0 Å². The van der Waals surface area contributed by atoms with Crippen molar-refractivity contribution in [3.05, 3.63) is 54.6 Å². The first kappa shape index (κ1) is 23.6. The zero-order valence-electron chi connectivity index (χ0n) is 17.3. The standard InChI is InChI=1S/C24H34F2O3/c1-2-28-18-10-5-3-4-7-11-20-14-15-23(27)22(20)16-17-24(25,26)19-29-21-12-8-6-9-13-21/h4,6-9,12-13,16-17,20,22-23,27H,2-3,5,10-11,14-15,18-19H2,1H3/b7-4-,17-16+/t20-,22+,23+/m0/s1. The highest BCUT2D eigenvalue weighted by Crippen LogP contribution is 2.36. The lowest BCUT2D eigenvalue weighted by Crippen LogP contribution is -2.24. The second-order valence-corrected chi connectivity index (χ2v) is 7.60. The molecule has 0 heterocycles. The van der Waals surface area contributed by atoms with E-state index in [0.29, 0.717) is 12.2 Å². The van der Waals surface area contributed by atoms with E-state index in [9.17, 15) is 13.9 Å². The topological polar surface area (TPSA) is 38.7 Å². The Kier molecular flexibility index (Phi) is 10.4. The molecule has 1 aromatic rings. The van der Waals surface area contributed by atoms with Gasteiger partial charge in [-0.3, -0.25) is 0 Å². The Hall–Kier alpha value is -1.72. The Bertz CT molecular complexity index is 616. The Labute approximate surface area is 173 Å². The van der Waals surface area contributed by atoms with Gasteiger partial charge in [-0.1, -0.05) is 36.4 Å². The Morgan fingerprint density at radius 1 is 1.14 bits per heavy atom. The number of aliphatic hydroxyl groups excluding tert-OH is 1. The largest absolute Gasteiger partial charge is 0.487 e. The number of halogens is 2. The first-order valence-corrected chi connectivity index (χ1v) is 10.7. The van der Waals surface area contributed by atoms with Gasteiger partial charge in [0.15, 0.2) is 6.61 Å². The first-order chi connectivity index (χ1) is 14.0.